The van der Waals surface area contributed by atoms with Gasteiger partial charge in [0.25, 0.3) is 5.91 Å². The van der Waals surface area contributed by atoms with E-state index in [9.17, 15) is 4.79 Å². The van der Waals surface area contributed by atoms with E-state index in [4.69, 9.17) is 20.8 Å². The third-order valence-electron chi connectivity index (χ3n) is 3.08. The Morgan fingerprint density at radius 1 is 1.26 bits per heavy atom. The van der Waals surface area contributed by atoms with Crippen molar-refractivity contribution < 1.29 is 13.9 Å². The molecule has 4 nitrogen and oxygen atoms in total. The molecule has 0 aliphatic heterocycles. The monoisotopic (exact) mass is 347 g/mol. The van der Waals surface area contributed by atoms with E-state index in [1.165, 1.54) is 11.3 Å². The first-order valence-electron chi connectivity index (χ1n) is 6.97. The summed E-state index contributed by atoms with van der Waals surface area (Å²) in [6.07, 6.45) is 1.58. The van der Waals surface area contributed by atoms with Crippen LogP contribution < -0.4 is 10.1 Å². The molecule has 3 rings (SSSR count). The minimum absolute atomic E-state index is 0.125. The first-order valence-corrected chi connectivity index (χ1v) is 8.23. The number of nitrogens with one attached hydrogen (secondary N) is 1. The van der Waals surface area contributed by atoms with Crippen molar-refractivity contribution in [1.82, 2.24) is 5.32 Å². The van der Waals surface area contributed by atoms with Crippen molar-refractivity contribution in [2.24, 2.45) is 0 Å². The highest BCUT2D eigenvalue weighted by Gasteiger charge is 2.10. The van der Waals surface area contributed by atoms with Crippen molar-refractivity contribution in [2.75, 3.05) is 0 Å². The average Bonchev–Trinajstić information content (AvgIpc) is 3.22. The second-order valence-electron chi connectivity index (χ2n) is 4.83. The lowest BCUT2D eigenvalue weighted by Crippen LogP contribution is -2.21. The van der Waals surface area contributed by atoms with Crippen molar-refractivity contribution in [1.29, 1.82) is 0 Å². The molecule has 1 N–H and O–H groups in total. The van der Waals surface area contributed by atoms with Crippen LogP contribution in [0.3, 0.4) is 0 Å². The van der Waals surface area contributed by atoms with Gasteiger partial charge in [-0.05, 0) is 41.8 Å². The summed E-state index contributed by atoms with van der Waals surface area (Å²) >= 11 is 7.30. The Bertz CT molecular complexity index is 783. The Morgan fingerprint density at radius 3 is 2.96 bits per heavy atom. The lowest BCUT2D eigenvalue weighted by atomic mass is 10.3. The molecule has 0 bridgehead atoms. The number of amides is 1. The molecule has 23 heavy (non-hydrogen) atoms. The maximum absolute atomic E-state index is 12.1. The molecule has 0 atom stereocenters. The highest BCUT2D eigenvalue weighted by atomic mass is 35.5. The summed E-state index contributed by atoms with van der Waals surface area (Å²) in [5.74, 6) is 1.30. The van der Waals surface area contributed by atoms with Crippen LogP contribution in [0, 0.1) is 0 Å². The molecular formula is C17H14ClNO3S. The summed E-state index contributed by atoms with van der Waals surface area (Å²) in [7, 11) is 0. The minimum Gasteiger partial charge on any atom is -0.489 e. The van der Waals surface area contributed by atoms with Gasteiger partial charge in [0, 0.05) is 10.6 Å². The van der Waals surface area contributed by atoms with Crippen LogP contribution in [0.1, 0.15) is 21.0 Å². The van der Waals surface area contributed by atoms with Gasteiger partial charge >= 0.3 is 0 Å². The SMILES string of the molecule is O=C(NCc1ccco1)c1cc(COc2cccc(Cl)c2)cs1. The third-order valence-corrected chi connectivity index (χ3v) is 4.30. The standard InChI is InChI=1S/C17H14ClNO3S/c18-13-3-1-4-14(8-13)22-10-12-7-16(23-11-12)17(20)19-9-15-5-2-6-21-15/h1-8,11H,9-10H2,(H,19,20). The quantitative estimate of drug-likeness (QED) is 0.714. The molecule has 2 heterocycles. The fourth-order valence-corrected chi connectivity index (χ4v) is 2.95. The van der Waals surface area contributed by atoms with E-state index in [1.54, 1.807) is 24.5 Å². The van der Waals surface area contributed by atoms with E-state index in [-0.39, 0.29) is 5.91 Å². The van der Waals surface area contributed by atoms with Gasteiger partial charge in [-0.25, -0.2) is 0 Å². The predicted molar refractivity (Wildman–Crippen MR) is 90.0 cm³/mol. The summed E-state index contributed by atoms with van der Waals surface area (Å²) in [6, 6.07) is 12.7. The van der Waals surface area contributed by atoms with Crippen LogP contribution in [0.15, 0.2) is 58.5 Å². The Hall–Kier alpha value is -2.24. The van der Waals surface area contributed by atoms with Crippen LogP contribution in [0.2, 0.25) is 5.02 Å². The van der Waals surface area contributed by atoms with Gasteiger partial charge in [0.1, 0.15) is 18.1 Å². The van der Waals surface area contributed by atoms with Crippen molar-refractivity contribution in [3.63, 3.8) is 0 Å². The molecule has 0 aliphatic rings. The van der Waals surface area contributed by atoms with Crippen LogP contribution in [-0.4, -0.2) is 5.91 Å². The third kappa shape index (κ3) is 4.37. The normalized spacial score (nSPS) is 10.5. The van der Waals surface area contributed by atoms with E-state index >= 15 is 0 Å². The number of furan rings is 1. The number of rotatable bonds is 6. The second-order valence-corrected chi connectivity index (χ2v) is 6.17. The summed E-state index contributed by atoms with van der Waals surface area (Å²) in [5, 5.41) is 5.35. The molecule has 0 radical (unpaired) electrons. The van der Waals surface area contributed by atoms with Gasteiger partial charge in [-0.1, -0.05) is 17.7 Å². The van der Waals surface area contributed by atoms with E-state index in [1.807, 2.05) is 29.6 Å². The first kappa shape index (κ1) is 15.6. The molecule has 3 aromatic rings. The minimum atomic E-state index is -0.125. The number of carbonyl (C=O) groups excluding carboxylic acids is 1. The van der Waals surface area contributed by atoms with Gasteiger partial charge < -0.3 is 14.5 Å². The van der Waals surface area contributed by atoms with Gasteiger partial charge in [0.2, 0.25) is 0 Å². The van der Waals surface area contributed by atoms with Crippen LogP contribution in [0.25, 0.3) is 0 Å². The Morgan fingerprint density at radius 2 is 2.17 bits per heavy atom. The molecule has 0 saturated carbocycles. The molecular weight excluding hydrogens is 334 g/mol. The number of hydrogen-bond donors (Lipinski definition) is 1. The summed E-state index contributed by atoms with van der Waals surface area (Å²) in [6.45, 7) is 0.764. The molecule has 0 spiro atoms. The molecule has 1 aromatic carbocycles. The fraction of sp³-hybridized carbons (Fsp3) is 0.118. The van der Waals surface area contributed by atoms with Crippen LogP contribution >= 0.6 is 22.9 Å². The zero-order chi connectivity index (χ0) is 16.1. The van der Waals surface area contributed by atoms with Crippen LogP contribution in [-0.2, 0) is 13.2 Å². The van der Waals surface area contributed by atoms with Gasteiger partial charge in [0.05, 0.1) is 17.7 Å². The summed E-state index contributed by atoms with van der Waals surface area (Å²) in [5.41, 5.74) is 0.943. The fourth-order valence-electron chi connectivity index (χ4n) is 1.96. The molecule has 0 unspecified atom stereocenters. The summed E-state index contributed by atoms with van der Waals surface area (Å²) < 4.78 is 10.8. The highest BCUT2D eigenvalue weighted by molar-refractivity contribution is 7.12. The molecule has 0 aliphatic carbocycles. The molecule has 6 heteroatoms. The van der Waals surface area contributed by atoms with Crippen molar-refractivity contribution in [2.45, 2.75) is 13.2 Å². The van der Waals surface area contributed by atoms with Gasteiger partial charge in [-0.3, -0.25) is 4.79 Å². The van der Waals surface area contributed by atoms with Crippen LogP contribution in [0.4, 0.5) is 0 Å². The Labute approximate surface area is 142 Å². The van der Waals surface area contributed by atoms with Crippen molar-refractivity contribution in [3.8, 4) is 5.75 Å². The number of hydrogen-bond acceptors (Lipinski definition) is 4. The first-order chi connectivity index (χ1) is 11.2. The summed E-state index contributed by atoms with van der Waals surface area (Å²) in [4.78, 5) is 12.7. The maximum Gasteiger partial charge on any atom is 0.261 e. The van der Waals surface area contributed by atoms with E-state index in [0.717, 1.165) is 11.3 Å². The van der Waals surface area contributed by atoms with Gasteiger partial charge in [-0.2, -0.15) is 0 Å². The molecule has 118 valence electrons. The number of thiophene rings is 1. The van der Waals surface area contributed by atoms with E-state index < -0.39 is 0 Å². The Balaban J connectivity index is 1.54. The number of halogens is 1. The Kier molecular flexibility index (Phi) is 5.00. The average molecular weight is 348 g/mol. The lowest BCUT2D eigenvalue weighted by molar-refractivity contribution is 0.0952. The lowest BCUT2D eigenvalue weighted by Gasteiger charge is -2.04. The smallest absolute Gasteiger partial charge is 0.261 e. The van der Waals surface area contributed by atoms with E-state index in [0.29, 0.717) is 28.8 Å². The molecule has 2 aromatic heterocycles. The number of carbonyl (C=O) groups is 1. The second kappa shape index (κ2) is 7.35. The van der Waals surface area contributed by atoms with Gasteiger partial charge in [-0.15, -0.1) is 11.3 Å². The zero-order valence-corrected chi connectivity index (χ0v) is 13.7. The predicted octanol–water partition coefficient (Wildman–Crippen LogP) is 4.50. The zero-order valence-electron chi connectivity index (χ0n) is 12.1. The maximum atomic E-state index is 12.1. The van der Waals surface area contributed by atoms with E-state index in [2.05, 4.69) is 5.32 Å². The van der Waals surface area contributed by atoms with Crippen molar-refractivity contribution >= 4 is 28.8 Å². The van der Waals surface area contributed by atoms with Crippen molar-refractivity contribution in [3.05, 3.63) is 75.3 Å². The largest absolute Gasteiger partial charge is 0.489 e. The van der Waals surface area contributed by atoms with Crippen LogP contribution in [0.5, 0.6) is 5.75 Å². The topological polar surface area (TPSA) is 51.5 Å². The number of benzene rings is 1. The highest BCUT2D eigenvalue weighted by Crippen LogP contribution is 2.20. The molecule has 0 fully saturated rings. The molecule has 0 saturated heterocycles. The molecule has 1 amide bonds. The van der Waals surface area contributed by atoms with Gasteiger partial charge in [0.15, 0.2) is 0 Å². The number of ether oxygens (including phenoxy) is 1.